The van der Waals surface area contributed by atoms with Crippen LogP contribution in [0.3, 0.4) is 0 Å². The van der Waals surface area contributed by atoms with Crippen LogP contribution in [0.5, 0.6) is 0 Å². The van der Waals surface area contributed by atoms with Crippen molar-refractivity contribution in [3.8, 4) is 0 Å². The van der Waals surface area contributed by atoms with E-state index >= 15 is 0 Å². The second-order valence-corrected chi connectivity index (χ2v) is 7.95. The van der Waals surface area contributed by atoms with E-state index in [9.17, 15) is 9.90 Å². The number of aliphatic hydroxyl groups is 1. The highest BCUT2D eigenvalue weighted by Crippen LogP contribution is 2.55. The van der Waals surface area contributed by atoms with Crippen molar-refractivity contribution in [1.29, 1.82) is 0 Å². The molecule has 0 radical (unpaired) electrons. The third kappa shape index (κ3) is 2.42. The van der Waals surface area contributed by atoms with Crippen molar-refractivity contribution < 1.29 is 9.90 Å². The highest BCUT2D eigenvalue weighted by molar-refractivity contribution is 5.63. The summed E-state index contributed by atoms with van der Waals surface area (Å²) in [5.74, 6) is 3.36. The Kier molecular flexibility index (Phi) is 3.85. The maximum atomic E-state index is 11.6. The third-order valence-corrected chi connectivity index (χ3v) is 6.46. The fourth-order valence-electron chi connectivity index (χ4n) is 5.59. The van der Waals surface area contributed by atoms with Crippen molar-refractivity contribution in [2.24, 2.45) is 40.9 Å². The highest BCUT2D eigenvalue weighted by Gasteiger charge is 2.51. The number of hydrogen-bond acceptors (Lipinski definition) is 2. The van der Waals surface area contributed by atoms with E-state index in [4.69, 9.17) is 0 Å². The molecule has 0 heterocycles. The molecule has 1 N–H and O–H groups in total. The molecule has 116 valence electrons. The van der Waals surface area contributed by atoms with E-state index in [-0.39, 0.29) is 5.92 Å². The Labute approximate surface area is 128 Å². The summed E-state index contributed by atoms with van der Waals surface area (Å²) in [6.07, 6.45) is 11.0. The van der Waals surface area contributed by atoms with Crippen LogP contribution in [0.25, 0.3) is 0 Å². The number of aliphatic hydroxyl groups excluding tert-OH is 1. The second-order valence-electron chi connectivity index (χ2n) is 7.95. The van der Waals surface area contributed by atoms with Crippen molar-refractivity contribution >= 4 is 6.29 Å². The van der Waals surface area contributed by atoms with Gasteiger partial charge in [-0.05, 0) is 55.3 Å². The standard InChI is InChI=1S/C19H28O2/c1-4-19(11-20)9-16-15(17(21)10-19)6-5-14-8-12(2)7-13(3)18(14)16/h4-6,11-18,21H,1,7-10H2,2-3H3. The van der Waals surface area contributed by atoms with Crippen molar-refractivity contribution in [3.05, 3.63) is 24.8 Å². The zero-order valence-electron chi connectivity index (χ0n) is 13.2. The van der Waals surface area contributed by atoms with Gasteiger partial charge in [-0.2, -0.15) is 0 Å². The van der Waals surface area contributed by atoms with Gasteiger partial charge in [0.05, 0.1) is 6.10 Å². The van der Waals surface area contributed by atoms with Gasteiger partial charge in [-0.15, -0.1) is 6.58 Å². The number of hydrogen-bond donors (Lipinski definition) is 1. The maximum absolute atomic E-state index is 11.6. The first-order valence-corrected chi connectivity index (χ1v) is 8.46. The highest BCUT2D eigenvalue weighted by atomic mass is 16.3. The summed E-state index contributed by atoms with van der Waals surface area (Å²) in [5.41, 5.74) is -0.515. The van der Waals surface area contributed by atoms with Gasteiger partial charge < -0.3 is 9.90 Å². The molecule has 8 atom stereocenters. The van der Waals surface area contributed by atoms with Gasteiger partial charge in [0, 0.05) is 11.3 Å². The summed E-state index contributed by atoms with van der Waals surface area (Å²) in [6, 6.07) is 0. The Morgan fingerprint density at radius 3 is 2.67 bits per heavy atom. The van der Waals surface area contributed by atoms with Crippen LogP contribution in [0.4, 0.5) is 0 Å². The number of fused-ring (bicyclic) bond motifs is 3. The Morgan fingerprint density at radius 2 is 2.00 bits per heavy atom. The zero-order valence-corrected chi connectivity index (χ0v) is 13.2. The molecule has 0 aromatic carbocycles. The molecule has 8 unspecified atom stereocenters. The first-order valence-electron chi connectivity index (χ1n) is 8.46. The lowest BCUT2D eigenvalue weighted by atomic mass is 9.52. The van der Waals surface area contributed by atoms with Gasteiger partial charge in [0.15, 0.2) is 0 Å². The molecular weight excluding hydrogens is 260 g/mol. The lowest BCUT2D eigenvalue weighted by Gasteiger charge is -2.53. The number of aldehydes is 1. The van der Waals surface area contributed by atoms with Crippen molar-refractivity contribution in [3.63, 3.8) is 0 Å². The van der Waals surface area contributed by atoms with Gasteiger partial charge in [-0.3, -0.25) is 0 Å². The van der Waals surface area contributed by atoms with Crippen LogP contribution >= 0.6 is 0 Å². The maximum Gasteiger partial charge on any atom is 0.130 e. The Bertz CT molecular complexity index is 444. The predicted molar refractivity (Wildman–Crippen MR) is 84.6 cm³/mol. The number of carbonyl (C=O) groups excluding carboxylic acids is 1. The topological polar surface area (TPSA) is 37.3 Å². The molecule has 0 aromatic rings. The van der Waals surface area contributed by atoms with E-state index in [0.717, 1.165) is 18.6 Å². The minimum absolute atomic E-state index is 0.232. The lowest BCUT2D eigenvalue weighted by molar-refractivity contribution is -0.123. The van der Waals surface area contributed by atoms with E-state index in [2.05, 4.69) is 32.6 Å². The molecule has 0 aromatic heterocycles. The summed E-state index contributed by atoms with van der Waals surface area (Å²) in [4.78, 5) is 11.6. The minimum Gasteiger partial charge on any atom is -0.392 e. The molecule has 3 aliphatic carbocycles. The molecule has 0 spiro atoms. The van der Waals surface area contributed by atoms with Crippen molar-refractivity contribution in [2.75, 3.05) is 0 Å². The lowest BCUT2D eigenvalue weighted by Crippen LogP contribution is -2.50. The summed E-state index contributed by atoms with van der Waals surface area (Å²) >= 11 is 0. The van der Waals surface area contributed by atoms with E-state index in [0.29, 0.717) is 30.1 Å². The molecule has 2 fully saturated rings. The van der Waals surface area contributed by atoms with Crippen molar-refractivity contribution in [1.82, 2.24) is 0 Å². The molecule has 2 heteroatoms. The van der Waals surface area contributed by atoms with Crippen LogP contribution in [0.15, 0.2) is 24.8 Å². The molecule has 0 saturated heterocycles. The van der Waals surface area contributed by atoms with Crippen LogP contribution in [-0.4, -0.2) is 17.5 Å². The van der Waals surface area contributed by atoms with Crippen LogP contribution in [-0.2, 0) is 4.79 Å². The number of carbonyl (C=O) groups is 1. The van der Waals surface area contributed by atoms with E-state index < -0.39 is 11.5 Å². The fraction of sp³-hybridized carbons (Fsp3) is 0.737. The van der Waals surface area contributed by atoms with Gasteiger partial charge in [-0.25, -0.2) is 0 Å². The SMILES string of the molecule is C=CC1(C=O)CC(O)C2C=CC3CC(C)CC(C)C3C2C1. The molecule has 3 rings (SSSR count). The quantitative estimate of drug-likeness (QED) is 0.622. The van der Waals surface area contributed by atoms with E-state index in [1.807, 2.05) is 0 Å². The molecule has 0 bridgehead atoms. The summed E-state index contributed by atoms with van der Waals surface area (Å²) in [7, 11) is 0. The third-order valence-electron chi connectivity index (χ3n) is 6.46. The monoisotopic (exact) mass is 288 g/mol. The first kappa shape index (κ1) is 15.0. The zero-order chi connectivity index (χ0) is 15.2. The summed E-state index contributed by atoms with van der Waals surface area (Å²) in [6.45, 7) is 8.59. The van der Waals surface area contributed by atoms with E-state index in [1.54, 1.807) is 6.08 Å². The largest absolute Gasteiger partial charge is 0.392 e. The van der Waals surface area contributed by atoms with Gasteiger partial charge in [0.1, 0.15) is 6.29 Å². The van der Waals surface area contributed by atoms with Gasteiger partial charge in [-0.1, -0.05) is 32.1 Å². The summed E-state index contributed by atoms with van der Waals surface area (Å²) < 4.78 is 0. The Morgan fingerprint density at radius 1 is 1.24 bits per heavy atom. The normalized spacial score (nSPS) is 52.6. The molecule has 3 aliphatic rings. The van der Waals surface area contributed by atoms with Crippen molar-refractivity contribution in [2.45, 2.75) is 45.6 Å². The minimum atomic E-state index is -0.515. The van der Waals surface area contributed by atoms with Gasteiger partial charge in [0.25, 0.3) is 0 Å². The van der Waals surface area contributed by atoms with E-state index in [1.165, 1.54) is 12.8 Å². The van der Waals surface area contributed by atoms with Crippen LogP contribution in [0, 0.1) is 40.9 Å². The molecule has 0 amide bonds. The molecule has 0 aliphatic heterocycles. The predicted octanol–water partition coefficient (Wildman–Crippen LogP) is 3.61. The summed E-state index contributed by atoms with van der Waals surface area (Å²) in [5, 5.41) is 10.6. The van der Waals surface area contributed by atoms with Crippen LogP contribution in [0.1, 0.15) is 39.5 Å². The van der Waals surface area contributed by atoms with Crippen LogP contribution in [0.2, 0.25) is 0 Å². The molecule has 2 nitrogen and oxygen atoms in total. The average Bonchev–Trinajstić information content (AvgIpc) is 2.45. The molecular formula is C19H28O2. The van der Waals surface area contributed by atoms with Crippen LogP contribution < -0.4 is 0 Å². The van der Waals surface area contributed by atoms with Gasteiger partial charge in [0.2, 0.25) is 0 Å². The smallest absolute Gasteiger partial charge is 0.130 e. The Hall–Kier alpha value is -0.890. The molecule has 21 heavy (non-hydrogen) atoms. The number of allylic oxidation sites excluding steroid dienone is 2. The molecule has 2 saturated carbocycles. The Balaban J connectivity index is 1.93. The first-order chi connectivity index (χ1) is 9.99. The fourth-order valence-corrected chi connectivity index (χ4v) is 5.59. The second kappa shape index (κ2) is 5.39. The number of rotatable bonds is 2. The van der Waals surface area contributed by atoms with Gasteiger partial charge >= 0.3 is 0 Å². The average molecular weight is 288 g/mol.